The first-order chi connectivity index (χ1) is 14.8. The third kappa shape index (κ3) is 7.67. The van der Waals surface area contributed by atoms with Gasteiger partial charge in [0.2, 0.25) is 0 Å². The number of nitrogens with two attached hydrogens (primary N) is 1. The first kappa shape index (κ1) is 31.3. The van der Waals surface area contributed by atoms with Crippen LogP contribution >= 0.6 is 0 Å². The lowest BCUT2D eigenvalue weighted by molar-refractivity contribution is -0.530. The van der Waals surface area contributed by atoms with Crippen LogP contribution in [0.5, 0.6) is 0 Å². The Balaban J connectivity index is 0.0000102. The lowest BCUT2D eigenvalue weighted by Crippen LogP contribution is -3.00. The summed E-state index contributed by atoms with van der Waals surface area (Å²) < 4.78 is 81.0. The summed E-state index contributed by atoms with van der Waals surface area (Å²) in [6, 6.07) is 3.59. The zero-order valence-corrected chi connectivity index (χ0v) is 20.0. The third-order valence-corrected chi connectivity index (χ3v) is 5.32. The van der Waals surface area contributed by atoms with E-state index in [0.29, 0.717) is 43.4 Å². The fraction of sp³-hybridized carbons (Fsp3) is 0.682. The minimum Gasteiger partial charge on any atom is -1.00 e. The van der Waals surface area contributed by atoms with Gasteiger partial charge in [0, 0.05) is 5.56 Å². The molecule has 0 fully saturated rings. The third-order valence-electron chi connectivity index (χ3n) is 5.32. The molecule has 0 aromatic heterocycles. The molecule has 33 heavy (non-hydrogen) atoms. The summed E-state index contributed by atoms with van der Waals surface area (Å²) in [6.07, 6.45) is -6.58. The van der Waals surface area contributed by atoms with Crippen LogP contribution in [0.25, 0.3) is 0 Å². The Kier molecular flexibility index (Phi) is 12.6. The predicted octanol–water partition coefficient (Wildman–Crippen LogP) is 2.54. The number of benzene rings is 1. The minimum atomic E-state index is -5.92. The molecule has 0 amide bonds. The van der Waals surface area contributed by atoms with Gasteiger partial charge in [-0.15, -0.1) is 0 Å². The molecule has 1 rings (SSSR count). The molecule has 0 unspecified atom stereocenters. The van der Waals surface area contributed by atoms with E-state index in [1.54, 1.807) is 4.90 Å². The molecule has 4 nitrogen and oxygen atoms in total. The summed E-state index contributed by atoms with van der Waals surface area (Å²) in [5.41, 5.74) is 0.567. The highest BCUT2D eigenvalue weighted by Gasteiger charge is 2.71. The van der Waals surface area contributed by atoms with E-state index in [1.165, 1.54) is 0 Å². The molecule has 192 valence electrons. The Bertz CT molecular complexity index is 711. The van der Waals surface area contributed by atoms with Gasteiger partial charge < -0.3 is 17.5 Å². The average Bonchev–Trinajstić information content (AvgIpc) is 2.72. The van der Waals surface area contributed by atoms with Crippen LogP contribution in [0.1, 0.15) is 64.9 Å². The molecule has 0 bridgehead atoms. The largest absolute Gasteiger partial charge is 1.00 e. The fourth-order valence-corrected chi connectivity index (χ4v) is 3.27. The molecule has 0 aliphatic rings. The smallest absolute Gasteiger partial charge is 0.430 e. The summed E-state index contributed by atoms with van der Waals surface area (Å²) >= 11 is 0. The molecule has 1 aromatic rings. The van der Waals surface area contributed by atoms with Crippen LogP contribution in [0, 0.1) is 0 Å². The molecule has 0 aliphatic heterocycles. The van der Waals surface area contributed by atoms with Gasteiger partial charge in [-0.25, -0.2) is 4.90 Å². The first-order valence-corrected chi connectivity index (χ1v) is 11.0. The molecule has 11 heteroatoms. The van der Waals surface area contributed by atoms with Crippen LogP contribution in [-0.2, 0) is 5.60 Å². The first-order valence-electron chi connectivity index (χ1n) is 11.0. The zero-order chi connectivity index (χ0) is 24.6. The van der Waals surface area contributed by atoms with Gasteiger partial charge in [-0.1, -0.05) is 52.2 Å². The molecule has 1 aromatic carbocycles. The average molecular weight is 506 g/mol. The molecular formula is C22H34ClF6N3O. The van der Waals surface area contributed by atoms with E-state index in [4.69, 9.17) is 5.73 Å². The van der Waals surface area contributed by atoms with Crippen molar-refractivity contribution >= 4 is 11.6 Å². The molecule has 0 radical (unpaired) electrons. The number of unbranched alkanes of at least 4 members (excludes halogenated alkanes) is 3. The maximum atomic E-state index is 13.2. The number of halogens is 7. The summed E-state index contributed by atoms with van der Waals surface area (Å²) in [7, 11) is 0. The second-order valence-corrected chi connectivity index (χ2v) is 7.81. The molecule has 0 atom stereocenters. The van der Waals surface area contributed by atoms with Crippen molar-refractivity contribution in [2.45, 2.75) is 77.2 Å². The van der Waals surface area contributed by atoms with Gasteiger partial charge in [-0.05, 0) is 31.4 Å². The Hall–Kier alpha value is -1.68. The molecule has 0 saturated carbocycles. The van der Waals surface area contributed by atoms with Crippen LogP contribution in [0.2, 0.25) is 0 Å². The number of nitrogens with zero attached hydrogens (tertiary/aromatic N) is 2. The van der Waals surface area contributed by atoms with Crippen molar-refractivity contribution in [2.24, 2.45) is 5.73 Å². The molecular weight excluding hydrogens is 472 g/mol. The lowest BCUT2D eigenvalue weighted by Gasteiger charge is -2.32. The van der Waals surface area contributed by atoms with E-state index in [1.807, 2.05) is 25.3 Å². The Morgan fingerprint density at radius 3 is 1.64 bits per heavy atom. The Labute approximate surface area is 197 Å². The second-order valence-electron chi connectivity index (χ2n) is 7.81. The number of hydrogen-bond donors (Lipinski definition) is 2. The van der Waals surface area contributed by atoms with Gasteiger partial charge in [0.15, 0.2) is 0 Å². The lowest BCUT2D eigenvalue weighted by atomic mass is 9.92. The normalized spacial score (nSPS) is 12.3. The Morgan fingerprint density at radius 1 is 0.848 bits per heavy atom. The Morgan fingerprint density at radius 2 is 1.27 bits per heavy atom. The molecule has 0 aliphatic carbocycles. The second kappa shape index (κ2) is 13.3. The van der Waals surface area contributed by atoms with Crippen LogP contribution in [0.15, 0.2) is 24.3 Å². The van der Waals surface area contributed by atoms with Crippen molar-refractivity contribution in [3.8, 4) is 0 Å². The van der Waals surface area contributed by atoms with Gasteiger partial charge in [-0.2, -0.15) is 26.3 Å². The van der Waals surface area contributed by atoms with Crippen molar-refractivity contribution in [3.05, 3.63) is 29.8 Å². The van der Waals surface area contributed by atoms with Crippen molar-refractivity contribution in [3.63, 3.8) is 0 Å². The number of aliphatic hydroxyl groups is 1. The van der Waals surface area contributed by atoms with Crippen molar-refractivity contribution in [1.82, 2.24) is 0 Å². The fourth-order valence-electron chi connectivity index (χ4n) is 3.27. The highest BCUT2D eigenvalue weighted by molar-refractivity contribution is 5.91. The van der Waals surface area contributed by atoms with Crippen LogP contribution in [0.3, 0.4) is 0 Å². The van der Waals surface area contributed by atoms with Gasteiger partial charge in [0.05, 0.1) is 19.6 Å². The van der Waals surface area contributed by atoms with E-state index < -0.39 is 23.5 Å². The SMILES string of the molecule is CCCCN(C(N)=[N+](CCCC)CCCC)c1ccc(C(O)(C(F)(F)F)C(F)(F)F)cc1.[Cl-]. The van der Waals surface area contributed by atoms with Crippen LogP contribution in [0.4, 0.5) is 32.0 Å². The zero-order valence-electron chi connectivity index (χ0n) is 19.2. The maximum Gasteiger partial charge on any atom is 0.430 e. The summed E-state index contributed by atoms with van der Waals surface area (Å²) in [4.78, 5) is 1.71. The van der Waals surface area contributed by atoms with E-state index in [0.717, 1.165) is 50.7 Å². The highest BCUT2D eigenvalue weighted by atomic mass is 35.5. The summed E-state index contributed by atoms with van der Waals surface area (Å²) in [6.45, 7) is 7.92. The maximum absolute atomic E-state index is 13.2. The van der Waals surface area contributed by atoms with Gasteiger partial charge in [0.25, 0.3) is 5.60 Å². The number of guanidine groups is 1. The molecule has 3 N–H and O–H groups in total. The van der Waals surface area contributed by atoms with E-state index in [-0.39, 0.29) is 12.4 Å². The number of rotatable bonds is 11. The predicted molar refractivity (Wildman–Crippen MR) is 114 cm³/mol. The topological polar surface area (TPSA) is 52.5 Å². The van der Waals surface area contributed by atoms with Crippen LogP contribution < -0.4 is 23.0 Å². The van der Waals surface area contributed by atoms with Crippen molar-refractivity contribution in [2.75, 3.05) is 24.5 Å². The highest BCUT2D eigenvalue weighted by Crippen LogP contribution is 2.50. The van der Waals surface area contributed by atoms with E-state index >= 15 is 0 Å². The van der Waals surface area contributed by atoms with Gasteiger partial charge in [-0.3, -0.25) is 10.3 Å². The molecule has 0 spiro atoms. The standard InChI is InChI=1S/C22H33F6N3O.ClH/c1-4-7-14-30(15-8-5-2)19(29)31(16-9-6-3)18-12-10-17(11-13-18)20(32,21(23,24)25)22(26,27)28;/h10-13,29,32H,4-9,14-16H2,1-3H3;1H. The molecule has 0 saturated heterocycles. The molecule has 0 heterocycles. The van der Waals surface area contributed by atoms with Crippen LogP contribution in [-0.4, -0.2) is 47.6 Å². The number of alkyl halides is 6. The minimum absolute atomic E-state index is 0. The van der Waals surface area contributed by atoms with Crippen molar-refractivity contribution in [1.29, 1.82) is 0 Å². The van der Waals surface area contributed by atoms with Crippen molar-refractivity contribution < 1.29 is 48.4 Å². The van der Waals surface area contributed by atoms with E-state index in [2.05, 4.69) is 0 Å². The summed E-state index contributed by atoms with van der Waals surface area (Å²) in [5, 5.41) is 9.62. The quantitative estimate of drug-likeness (QED) is 0.210. The monoisotopic (exact) mass is 505 g/mol. The van der Waals surface area contributed by atoms with Gasteiger partial charge >= 0.3 is 18.3 Å². The van der Waals surface area contributed by atoms with Gasteiger partial charge in [0.1, 0.15) is 5.69 Å². The number of hydrogen-bond acceptors (Lipinski definition) is 1. The van der Waals surface area contributed by atoms with E-state index in [9.17, 15) is 31.4 Å². The number of anilines is 1. The summed E-state index contributed by atoms with van der Waals surface area (Å²) in [5.74, 6) is 0.412.